The van der Waals surface area contributed by atoms with Gasteiger partial charge in [-0.3, -0.25) is 4.79 Å². The van der Waals surface area contributed by atoms with E-state index in [9.17, 15) is 9.90 Å². The van der Waals surface area contributed by atoms with E-state index in [-0.39, 0.29) is 18.4 Å². The minimum Gasteiger partial charge on any atom is -0.394 e. The number of aliphatic hydroxyl groups is 1. The van der Waals surface area contributed by atoms with E-state index in [2.05, 4.69) is 17.4 Å². The van der Waals surface area contributed by atoms with E-state index < -0.39 is 5.54 Å². The molecular weight excluding hydrogens is 254 g/mol. The van der Waals surface area contributed by atoms with Gasteiger partial charge in [0.1, 0.15) is 0 Å². The molecule has 1 saturated heterocycles. The lowest BCUT2D eigenvalue weighted by molar-refractivity contribution is -0.129. The molecule has 0 bridgehead atoms. The van der Waals surface area contributed by atoms with Crippen molar-refractivity contribution in [2.45, 2.75) is 31.2 Å². The Balaban J connectivity index is 1.66. The fourth-order valence-corrected chi connectivity index (χ4v) is 3.19. The Labute approximate surface area is 119 Å². The van der Waals surface area contributed by atoms with Gasteiger partial charge in [-0.2, -0.15) is 0 Å². The van der Waals surface area contributed by atoms with Gasteiger partial charge in [0.15, 0.2) is 0 Å². The number of hydrogen-bond acceptors (Lipinski definition) is 3. The van der Waals surface area contributed by atoms with Crippen LogP contribution in [-0.4, -0.2) is 36.4 Å². The highest BCUT2D eigenvalue weighted by Crippen LogP contribution is 2.28. The zero-order valence-electron chi connectivity index (χ0n) is 11.6. The van der Waals surface area contributed by atoms with Crippen molar-refractivity contribution in [1.29, 1.82) is 0 Å². The third-order valence-electron chi connectivity index (χ3n) is 4.56. The van der Waals surface area contributed by atoms with Crippen LogP contribution in [0.4, 0.5) is 0 Å². The molecule has 1 aromatic carbocycles. The highest BCUT2D eigenvalue weighted by atomic mass is 16.5. The second kappa shape index (κ2) is 5.54. The molecule has 4 nitrogen and oxygen atoms in total. The number of benzene rings is 1. The number of nitrogens with one attached hydrogen (secondary N) is 1. The molecule has 0 radical (unpaired) electrons. The first-order valence-electron chi connectivity index (χ1n) is 7.30. The molecule has 1 fully saturated rings. The quantitative estimate of drug-likeness (QED) is 0.867. The number of carbonyl (C=O) groups is 1. The van der Waals surface area contributed by atoms with Gasteiger partial charge in [-0.1, -0.05) is 24.3 Å². The first-order valence-corrected chi connectivity index (χ1v) is 7.30. The summed E-state index contributed by atoms with van der Waals surface area (Å²) in [5.74, 6) is 0.0656. The molecule has 0 saturated carbocycles. The summed E-state index contributed by atoms with van der Waals surface area (Å²) in [5, 5.41) is 12.7. The molecule has 0 unspecified atom stereocenters. The molecule has 3 rings (SSSR count). The van der Waals surface area contributed by atoms with Crippen LogP contribution in [0.1, 0.15) is 24.0 Å². The molecule has 1 amide bonds. The number of rotatable bonds is 3. The summed E-state index contributed by atoms with van der Waals surface area (Å²) in [6.07, 6.45) is 2.99. The SMILES string of the molecule is O=C(NC1(CO)CCOCC1)C1Cc2ccccc2C1. The van der Waals surface area contributed by atoms with E-state index in [1.807, 2.05) is 12.1 Å². The van der Waals surface area contributed by atoms with Gasteiger partial charge in [0, 0.05) is 19.1 Å². The Kier molecular flexibility index (Phi) is 3.76. The van der Waals surface area contributed by atoms with Crippen LogP contribution in [0.5, 0.6) is 0 Å². The molecule has 1 aliphatic heterocycles. The van der Waals surface area contributed by atoms with Crippen LogP contribution in [-0.2, 0) is 22.4 Å². The molecule has 0 aromatic heterocycles. The van der Waals surface area contributed by atoms with E-state index >= 15 is 0 Å². The summed E-state index contributed by atoms with van der Waals surface area (Å²) in [5.41, 5.74) is 2.07. The minimum absolute atomic E-state index is 0.00123. The van der Waals surface area contributed by atoms with Gasteiger partial charge in [-0.15, -0.1) is 0 Å². The summed E-state index contributed by atoms with van der Waals surface area (Å²) >= 11 is 0. The van der Waals surface area contributed by atoms with Gasteiger partial charge < -0.3 is 15.2 Å². The van der Waals surface area contributed by atoms with Crippen LogP contribution in [0.15, 0.2) is 24.3 Å². The average Bonchev–Trinajstić information content (AvgIpc) is 2.92. The lowest BCUT2D eigenvalue weighted by atomic mass is 9.90. The standard InChI is InChI=1S/C16H21NO3/c18-11-16(5-7-20-8-6-16)17-15(19)14-9-12-3-1-2-4-13(12)10-14/h1-4,14,18H,5-11H2,(H,17,19). The fourth-order valence-electron chi connectivity index (χ4n) is 3.19. The largest absolute Gasteiger partial charge is 0.394 e. The lowest BCUT2D eigenvalue weighted by Gasteiger charge is -2.37. The van der Waals surface area contributed by atoms with Crippen LogP contribution in [0.3, 0.4) is 0 Å². The van der Waals surface area contributed by atoms with E-state index in [1.54, 1.807) is 0 Å². The third kappa shape index (κ3) is 2.58. The Morgan fingerprint density at radius 2 is 1.85 bits per heavy atom. The van der Waals surface area contributed by atoms with Crippen molar-refractivity contribution in [1.82, 2.24) is 5.32 Å². The van der Waals surface area contributed by atoms with Crippen LogP contribution in [0.25, 0.3) is 0 Å². The van der Waals surface area contributed by atoms with E-state index in [0.717, 1.165) is 12.8 Å². The van der Waals surface area contributed by atoms with Gasteiger partial charge in [0.05, 0.1) is 12.1 Å². The monoisotopic (exact) mass is 275 g/mol. The number of ether oxygens (including phenoxy) is 1. The van der Waals surface area contributed by atoms with Crippen molar-refractivity contribution in [3.8, 4) is 0 Å². The van der Waals surface area contributed by atoms with Crippen LogP contribution in [0.2, 0.25) is 0 Å². The molecule has 1 aromatic rings. The van der Waals surface area contributed by atoms with Crippen molar-refractivity contribution in [3.63, 3.8) is 0 Å². The first kappa shape index (κ1) is 13.6. The topological polar surface area (TPSA) is 58.6 Å². The Morgan fingerprint density at radius 3 is 2.40 bits per heavy atom. The summed E-state index contributed by atoms with van der Waals surface area (Å²) in [6.45, 7) is 1.19. The van der Waals surface area contributed by atoms with Crippen molar-refractivity contribution in [3.05, 3.63) is 35.4 Å². The van der Waals surface area contributed by atoms with Crippen molar-refractivity contribution in [2.75, 3.05) is 19.8 Å². The molecule has 108 valence electrons. The molecule has 20 heavy (non-hydrogen) atoms. The molecule has 0 atom stereocenters. The zero-order chi connectivity index (χ0) is 14.0. The van der Waals surface area contributed by atoms with Gasteiger partial charge in [-0.05, 0) is 36.8 Å². The van der Waals surface area contributed by atoms with Crippen LogP contribution < -0.4 is 5.32 Å². The highest BCUT2D eigenvalue weighted by molar-refractivity contribution is 5.81. The maximum absolute atomic E-state index is 12.5. The second-order valence-corrected chi connectivity index (χ2v) is 5.91. The maximum Gasteiger partial charge on any atom is 0.224 e. The van der Waals surface area contributed by atoms with Gasteiger partial charge in [0.2, 0.25) is 5.91 Å². The molecule has 4 heteroatoms. The predicted octanol–water partition coefficient (Wildman–Crippen LogP) is 1.06. The molecule has 1 heterocycles. The number of aliphatic hydroxyl groups excluding tert-OH is 1. The van der Waals surface area contributed by atoms with Gasteiger partial charge in [-0.25, -0.2) is 0 Å². The lowest BCUT2D eigenvalue weighted by Crippen LogP contribution is -2.56. The Morgan fingerprint density at radius 1 is 1.25 bits per heavy atom. The normalized spacial score (nSPS) is 21.4. The zero-order valence-corrected chi connectivity index (χ0v) is 11.6. The first-order chi connectivity index (χ1) is 9.72. The van der Waals surface area contributed by atoms with Gasteiger partial charge in [0.25, 0.3) is 0 Å². The summed E-state index contributed by atoms with van der Waals surface area (Å²) in [7, 11) is 0. The number of fused-ring (bicyclic) bond motifs is 1. The molecular formula is C16H21NO3. The van der Waals surface area contributed by atoms with E-state index in [0.29, 0.717) is 26.1 Å². The van der Waals surface area contributed by atoms with Crippen molar-refractivity contribution < 1.29 is 14.6 Å². The van der Waals surface area contributed by atoms with Crippen molar-refractivity contribution in [2.24, 2.45) is 5.92 Å². The summed E-state index contributed by atoms with van der Waals surface area (Å²) in [4.78, 5) is 12.5. The molecule has 2 aliphatic rings. The number of carbonyl (C=O) groups excluding carboxylic acids is 1. The van der Waals surface area contributed by atoms with Gasteiger partial charge >= 0.3 is 0 Å². The summed E-state index contributed by atoms with van der Waals surface area (Å²) < 4.78 is 5.32. The van der Waals surface area contributed by atoms with Crippen LogP contribution >= 0.6 is 0 Å². The number of hydrogen-bond donors (Lipinski definition) is 2. The van der Waals surface area contributed by atoms with E-state index in [4.69, 9.17) is 4.74 Å². The highest BCUT2D eigenvalue weighted by Gasteiger charge is 2.36. The minimum atomic E-state index is -0.482. The fraction of sp³-hybridized carbons (Fsp3) is 0.562. The van der Waals surface area contributed by atoms with Crippen molar-refractivity contribution >= 4 is 5.91 Å². The molecule has 0 spiro atoms. The van der Waals surface area contributed by atoms with Crippen LogP contribution in [0, 0.1) is 5.92 Å². The molecule has 1 aliphatic carbocycles. The Hall–Kier alpha value is -1.39. The maximum atomic E-state index is 12.5. The smallest absolute Gasteiger partial charge is 0.224 e. The average molecular weight is 275 g/mol. The van der Waals surface area contributed by atoms with E-state index in [1.165, 1.54) is 11.1 Å². The second-order valence-electron chi connectivity index (χ2n) is 5.91. The number of amides is 1. The summed E-state index contributed by atoms with van der Waals surface area (Å²) in [6, 6.07) is 8.23. The Bertz CT molecular complexity index is 469. The predicted molar refractivity (Wildman–Crippen MR) is 75.4 cm³/mol. The molecule has 2 N–H and O–H groups in total. The third-order valence-corrected chi connectivity index (χ3v) is 4.56.